The molecule has 0 saturated carbocycles. The van der Waals surface area contributed by atoms with E-state index in [0.717, 1.165) is 16.8 Å². The number of nitrogens with one attached hydrogen (secondary N) is 2. The molecule has 0 aliphatic rings. The fraction of sp³-hybridized carbons (Fsp3) is 0.273. The van der Waals surface area contributed by atoms with Crippen LogP contribution in [-0.2, 0) is 13.2 Å². The lowest BCUT2D eigenvalue weighted by Crippen LogP contribution is -2.32. The summed E-state index contributed by atoms with van der Waals surface area (Å²) in [6.07, 6.45) is 0. The summed E-state index contributed by atoms with van der Waals surface area (Å²) in [6, 6.07) is 13.5. The monoisotopic (exact) mass is 479 g/mol. The number of carbonyl (C=O) groups excluding carboxylic acids is 1. The van der Waals surface area contributed by atoms with Crippen LogP contribution in [0.3, 0.4) is 0 Å². The highest BCUT2D eigenvalue weighted by Crippen LogP contribution is 2.28. The van der Waals surface area contributed by atoms with E-state index in [1.807, 2.05) is 49.4 Å². The molecule has 35 heavy (non-hydrogen) atoms. The first-order chi connectivity index (χ1) is 17.0. The van der Waals surface area contributed by atoms with Crippen LogP contribution in [0.2, 0.25) is 0 Å². The third kappa shape index (κ3) is 5.89. The molecule has 0 bridgehead atoms. The van der Waals surface area contributed by atoms with Crippen LogP contribution in [0.1, 0.15) is 27.4 Å². The Morgan fingerprint density at radius 2 is 1.94 bits per heavy atom. The molecule has 13 heteroatoms. The van der Waals surface area contributed by atoms with Crippen molar-refractivity contribution in [2.24, 2.45) is 0 Å². The number of methoxy groups -OCH3 is 1. The number of nitrogens with zero attached hydrogens (tertiary/aromatic N) is 6. The van der Waals surface area contributed by atoms with Gasteiger partial charge in [0.1, 0.15) is 0 Å². The standard InChI is InChI=1S/C22H25N9O4/c1-14-3-6-16(7-4-14)31-19(26-29-30-31)13-34-17-8-5-15(11-18(17)33-2)12-24-9-10-25-22(32)20-21(23)28-35-27-20/h3-8,11,24H,9-10,12-13H2,1-2H3,(H2,23,28)(H,25,32). The van der Waals surface area contributed by atoms with Crippen molar-refractivity contribution in [3.05, 3.63) is 65.1 Å². The van der Waals surface area contributed by atoms with E-state index in [-0.39, 0.29) is 18.1 Å². The molecule has 0 aliphatic carbocycles. The maximum atomic E-state index is 11.9. The number of ether oxygens (including phenoxy) is 2. The van der Waals surface area contributed by atoms with Crippen molar-refractivity contribution >= 4 is 11.7 Å². The van der Waals surface area contributed by atoms with Crippen LogP contribution in [0.5, 0.6) is 11.5 Å². The summed E-state index contributed by atoms with van der Waals surface area (Å²) in [7, 11) is 1.58. The average molecular weight is 480 g/mol. The number of nitrogens with two attached hydrogens (primary N) is 1. The van der Waals surface area contributed by atoms with Gasteiger partial charge in [0.25, 0.3) is 5.91 Å². The minimum Gasteiger partial charge on any atom is -0.493 e. The van der Waals surface area contributed by atoms with Crippen molar-refractivity contribution < 1.29 is 18.9 Å². The lowest BCUT2D eigenvalue weighted by atomic mass is 10.2. The molecule has 0 aliphatic heterocycles. The normalized spacial score (nSPS) is 10.8. The SMILES string of the molecule is COc1cc(CNCCNC(=O)c2nonc2N)ccc1OCc1nnnn1-c1ccc(C)cc1. The second-order valence-corrected chi connectivity index (χ2v) is 7.55. The van der Waals surface area contributed by atoms with E-state index in [2.05, 4.69) is 41.1 Å². The Labute approximate surface area is 200 Å². The van der Waals surface area contributed by atoms with Crippen molar-refractivity contribution in [3.8, 4) is 17.2 Å². The number of aryl methyl sites for hydroxylation is 1. The van der Waals surface area contributed by atoms with Crippen molar-refractivity contribution in [1.82, 2.24) is 41.2 Å². The molecule has 2 aromatic heterocycles. The smallest absolute Gasteiger partial charge is 0.277 e. The molecule has 2 aromatic carbocycles. The van der Waals surface area contributed by atoms with E-state index < -0.39 is 5.91 Å². The molecule has 0 atom stereocenters. The van der Waals surface area contributed by atoms with Crippen LogP contribution in [0.15, 0.2) is 47.1 Å². The highest BCUT2D eigenvalue weighted by molar-refractivity contribution is 5.95. The molecule has 4 N–H and O–H groups in total. The Morgan fingerprint density at radius 1 is 1.11 bits per heavy atom. The van der Waals surface area contributed by atoms with Gasteiger partial charge < -0.3 is 25.8 Å². The Morgan fingerprint density at radius 3 is 2.69 bits per heavy atom. The van der Waals surface area contributed by atoms with Crippen LogP contribution in [0.4, 0.5) is 5.82 Å². The summed E-state index contributed by atoms with van der Waals surface area (Å²) in [6.45, 7) is 3.65. The highest BCUT2D eigenvalue weighted by atomic mass is 16.6. The summed E-state index contributed by atoms with van der Waals surface area (Å²) in [5, 5.41) is 24.7. The Kier molecular flexibility index (Phi) is 7.47. The number of amides is 1. The molecular weight excluding hydrogens is 454 g/mol. The molecule has 13 nitrogen and oxygen atoms in total. The maximum absolute atomic E-state index is 11.9. The van der Waals surface area contributed by atoms with Crippen molar-refractivity contribution in [2.45, 2.75) is 20.1 Å². The summed E-state index contributed by atoms with van der Waals surface area (Å²) in [5.41, 5.74) is 8.45. The van der Waals surface area contributed by atoms with Gasteiger partial charge in [0.2, 0.25) is 11.5 Å². The minimum atomic E-state index is -0.442. The van der Waals surface area contributed by atoms with Gasteiger partial charge in [-0.3, -0.25) is 4.79 Å². The van der Waals surface area contributed by atoms with Gasteiger partial charge >= 0.3 is 0 Å². The average Bonchev–Trinajstić information content (AvgIpc) is 3.52. The zero-order valence-electron chi connectivity index (χ0n) is 19.3. The second kappa shape index (κ2) is 11.1. The molecular formula is C22H25N9O4. The van der Waals surface area contributed by atoms with Gasteiger partial charge in [-0.05, 0) is 57.5 Å². The van der Waals surface area contributed by atoms with E-state index in [4.69, 9.17) is 15.2 Å². The van der Waals surface area contributed by atoms with Gasteiger partial charge in [-0.1, -0.05) is 23.8 Å². The summed E-state index contributed by atoms with van der Waals surface area (Å²) >= 11 is 0. The van der Waals surface area contributed by atoms with Gasteiger partial charge in [-0.25, -0.2) is 4.63 Å². The molecule has 2 heterocycles. The van der Waals surface area contributed by atoms with Crippen molar-refractivity contribution in [1.29, 1.82) is 0 Å². The first kappa shape index (κ1) is 23.6. The Hall–Kier alpha value is -4.52. The third-order valence-corrected chi connectivity index (χ3v) is 5.04. The summed E-state index contributed by atoms with van der Waals surface area (Å²) < 4.78 is 17.5. The Balaban J connectivity index is 1.28. The van der Waals surface area contributed by atoms with Gasteiger partial charge in [-0.2, -0.15) is 4.68 Å². The number of tetrazole rings is 1. The summed E-state index contributed by atoms with van der Waals surface area (Å²) in [5.74, 6) is 1.23. The number of carbonyl (C=O) groups is 1. The third-order valence-electron chi connectivity index (χ3n) is 5.04. The summed E-state index contributed by atoms with van der Waals surface area (Å²) in [4.78, 5) is 11.9. The van der Waals surface area contributed by atoms with Crippen LogP contribution in [0, 0.1) is 6.92 Å². The molecule has 0 unspecified atom stereocenters. The second-order valence-electron chi connectivity index (χ2n) is 7.55. The lowest BCUT2D eigenvalue weighted by Gasteiger charge is -2.13. The van der Waals surface area contributed by atoms with Crippen LogP contribution >= 0.6 is 0 Å². The van der Waals surface area contributed by atoms with Crippen LogP contribution in [0.25, 0.3) is 5.69 Å². The highest BCUT2D eigenvalue weighted by Gasteiger charge is 2.15. The lowest BCUT2D eigenvalue weighted by molar-refractivity contribution is 0.0944. The van der Waals surface area contributed by atoms with Gasteiger partial charge in [0, 0.05) is 19.6 Å². The number of benzene rings is 2. The molecule has 0 spiro atoms. The largest absolute Gasteiger partial charge is 0.493 e. The fourth-order valence-corrected chi connectivity index (χ4v) is 3.20. The Bertz CT molecular complexity index is 1270. The maximum Gasteiger partial charge on any atom is 0.277 e. The number of nitrogen functional groups attached to an aromatic ring is 1. The van der Waals surface area contributed by atoms with Crippen molar-refractivity contribution in [3.63, 3.8) is 0 Å². The molecule has 4 aromatic rings. The number of hydrogen-bond donors (Lipinski definition) is 3. The number of hydrogen-bond acceptors (Lipinski definition) is 11. The van der Waals surface area contributed by atoms with Crippen LogP contribution < -0.4 is 25.8 Å². The molecule has 182 valence electrons. The van der Waals surface area contributed by atoms with Crippen LogP contribution in [-0.4, -0.2) is 56.6 Å². The minimum absolute atomic E-state index is 0.0294. The zero-order chi connectivity index (χ0) is 24.6. The number of rotatable bonds is 11. The van der Waals surface area contributed by atoms with Gasteiger partial charge in [0.15, 0.2) is 23.9 Å². The predicted octanol–water partition coefficient (Wildman–Crippen LogP) is 1.04. The number of aromatic nitrogens is 6. The molecule has 0 saturated heterocycles. The molecule has 1 amide bonds. The zero-order valence-corrected chi connectivity index (χ0v) is 19.3. The van der Waals surface area contributed by atoms with E-state index >= 15 is 0 Å². The quantitative estimate of drug-likeness (QED) is 0.263. The molecule has 0 radical (unpaired) electrons. The van der Waals surface area contributed by atoms with Gasteiger partial charge in [-0.15, -0.1) is 5.10 Å². The van der Waals surface area contributed by atoms with Crippen molar-refractivity contribution in [2.75, 3.05) is 25.9 Å². The first-order valence-electron chi connectivity index (χ1n) is 10.8. The van der Waals surface area contributed by atoms with E-state index in [1.54, 1.807) is 11.8 Å². The fourth-order valence-electron chi connectivity index (χ4n) is 3.20. The molecule has 0 fully saturated rings. The number of anilines is 1. The van der Waals surface area contributed by atoms with E-state index in [1.165, 1.54) is 0 Å². The first-order valence-corrected chi connectivity index (χ1v) is 10.8. The van der Waals surface area contributed by atoms with Gasteiger partial charge in [0.05, 0.1) is 12.8 Å². The molecule has 4 rings (SSSR count). The van der Waals surface area contributed by atoms with E-state index in [9.17, 15) is 4.79 Å². The topological polar surface area (TPSA) is 168 Å². The van der Waals surface area contributed by atoms with E-state index in [0.29, 0.717) is 37.0 Å². The predicted molar refractivity (Wildman–Crippen MR) is 124 cm³/mol.